The van der Waals surface area contributed by atoms with Gasteiger partial charge in [0, 0.05) is 16.9 Å². The molecule has 0 spiro atoms. The van der Waals surface area contributed by atoms with Crippen molar-refractivity contribution >= 4 is 27.3 Å². The van der Waals surface area contributed by atoms with Crippen molar-refractivity contribution in [3.63, 3.8) is 0 Å². The molecule has 0 heterocycles. The summed E-state index contributed by atoms with van der Waals surface area (Å²) in [6.07, 6.45) is -4.99. The second-order valence-corrected chi connectivity index (χ2v) is 8.50. The summed E-state index contributed by atoms with van der Waals surface area (Å²) in [5.74, 6) is -2.05. The third-order valence-electron chi connectivity index (χ3n) is 4.59. The van der Waals surface area contributed by atoms with Crippen LogP contribution in [0.15, 0.2) is 65.6 Å². The summed E-state index contributed by atoms with van der Waals surface area (Å²) in [5, 5.41) is 2.31. The van der Waals surface area contributed by atoms with E-state index in [4.69, 9.17) is 9.47 Å². The number of halogens is 4. The predicted octanol–water partition coefficient (Wildman–Crippen LogP) is 4.91. The van der Waals surface area contributed by atoms with Crippen LogP contribution >= 0.6 is 0 Å². The van der Waals surface area contributed by atoms with Crippen LogP contribution < -0.4 is 19.5 Å². The van der Waals surface area contributed by atoms with Crippen LogP contribution in [0.25, 0.3) is 0 Å². The smallest absolute Gasteiger partial charge is 0.419 e. The molecule has 0 unspecified atom stereocenters. The highest BCUT2D eigenvalue weighted by Crippen LogP contribution is 2.33. The number of carbonyl (C=O) groups excluding carboxylic acids is 1. The molecular formula is C22H18F4N2O5S. The number of amides is 1. The number of carbonyl (C=O) groups is 1. The molecule has 0 saturated carbocycles. The molecule has 3 aromatic rings. The number of hydrogen-bond donors (Lipinski definition) is 2. The molecule has 2 N–H and O–H groups in total. The van der Waals surface area contributed by atoms with E-state index in [9.17, 15) is 30.8 Å². The summed E-state index contributed by atoms with van der Waals surface area (Å²) in [7, 11) is -1.49. The van der Waals surface area contributed by atoms with Crippen molar-refractivity contribution in [1.29, 1.82) is 0 Å². The highest BCUT2D eigenvalue weighted by Gasteiger charge is 2.34. The lowest BCUT2D eigenvalue weighted by atomic mass is 10.1. The average Bonchev–Trinajstić information content (AvgIpc) is 2.78. The first kappa shape index (κ1) is 24.8. The Morgan fingerprint density at radius 2 is 1.53 bits per heavy atom. The highest BCUT2D eigenvalue weighted by atomic mass is 32.2. The number of nitrogens with one attached hydrogen (secondary N) is 2. The topological polar surface area (TPSA) is 93.7 Å². The fourth-order valence-corrected chi connectivity index (χ4v) is 4.18. The van der Waals surface area contributed by atoms with Crippen molar-refractivity contribution in [3.05, 3.63) is 77.6 Å². The van der Waals surface area contributed by atoms with Crippen LogP contribution in [0.3, 0.4) is 0 Å². The van der Waals surface area contributed by atoms with Gasteiger partial charge in [0.25, 0.3) is 15.9 Å². The van der Waals surface area contributed by atoms with Gasteiger partial charge in [0.05, 0.1) is 19.8 Å². The monoisotopic (exact) mass is 498 g/mol. The zero-order valence-corrected chi connectivity index (χ0v) is 18.6. The van der Waals surface area contributed by atoms with Crippen LogP contribution in [0.5, 0.6) is 11.5 Å². The van der Waals surface area contributed by atoms with E-state index >= 15 is 0 Å². The molecule has 7 nitrogen and oxygen atoms in total. The molecule has 34 heavy (non-hydrogen) atoms. The number of anilines is 2. The van der Waals surface area contributed by atoms with Crippen LogP contribution in [-0.4, -0.2) is 28.5 Å². The number of methoxy groups -OCH3 is 2. The summed E-state index contributed by atoms with van der Waals surface area (Å²) in [6, 6.07) is 11.5. The van der Waals surface area contributed by atoms with Gasteiger partial charge in [-0.25, -0.2) is 12.8 Å². The Balaban J connectivity index is 1.89. The maximum Gasteiger partial charge on any atom is 0.419 e. The molecule has 0 aliphatic rings. The number of alkyl halides is 3. The first-order valence-electron chi connectivity index (χ1n) is 9.47. The van der Waals surface area contributed by atoms with Crippen molar-refractivity contribution in [2.45, 2.75) is 11.1 Å². The molecule has 0 aromatic heterocycles. The molecule has 0 aliphatic carbocycles. The van der Waals surface area contributed by atoms with Crippen LogP contribution in [0.2, 0.25) is 0 Å². The molecule has 180 valence electrons. The quantitative estimate of drug-likeness (QED) is 0.452. The van der Waals surface area contributed by atoms with E-state index in [-0.39, 0.29) is 22.0 Å². The summed E-state index contributed by atoms with van der Waals surface area (Å²) < 4.78 is 90.7. The van der Waals surface area contributed by atoms with Crippen LogP contribution in [0.1, 0.15) is 15.9 Å². The molecule has 1 amide bonds. The lowest BCUT2D eigenvalue weighted by Gasteiger charge is -2.14. The van der Waals surface area contributed by atoms with Gasteiger partial charge >= 0.3 is 6.18 Å². The lowest BCUT2D eigenvalue weighted by Crippen LogP contribution is -2.17. The van der Waals surface area contributed by atoms with E-state index in [0.717, 1.165) is 12.1 Å². The van der Waals surface area contributed by atoms with Gasteiger partial charge in [0.15, 0.2) is 0 Å². The third kappa shape index (κ3) is 5.57. The van der Waals surface area contributed by atoms with E-state index in [1.165, 1.54) is 38.5 Å². The van der Waals surface area contributed by atoms with E-state index in [1.54, 1.807) is 12.1 Å². The number of benzene rings is 3. The molecule has 0 fully saturated rings. The van der Waals surface area contributed by atoms with Gasteiger partial charge in [0.1, 0.15) is 22.2 Å². The average molecular weight is 498 g/mol. The first-order chi connectivity index (χ1) is 15.9. The molecule has 0 aliphatic heterocycles. The Labute approximate surface area is 192 Å². The van der Waals surface area contributed by atoms with Crippen molar-refractivity contribution < 1.29 is 40.2 Å². The van der Waals surface area contributed by atoms with Crippen molar-refractivity contribution in [3.8, 4) is 11.5 Å². The molecule has 3 rings (SSSR count). The minimum absolute atomic E-state index is 0.0415. The number of sulfonamides is 1. The summed E-state index contributed by atoms with van der Waals surface area (Å²) in [4.78, 5) is 12.1. The van der Waals surface area contributed by atoms with E-state index in [1.807, 2.05) is 0 Å². The minimum atomic E-state index is -4.99. The van der Waals surface area contributed by atoms with Gasteiger partial charge < -0.3 is 14.8 Å². The number of ether oxygens (including phenoxy) is 2. The Morgan fingerprint density at radius 3 is 2.12 bits per heavy atom. The van der Waals surface area contributed by atoms with Crippen LogP contribution in [-0.2, 0) is 16.2 Å². The Hall–Kier alpha value is -3.80. The van der Waals surface area contributed by atoms with Gasteiger partial charge in [-0.05, 0) is 60.7 Å². The maximum atomic E-state index is 13.5. The van der Waals surface area contributed by atoms with Crippen molar-refractivity contribution in [2.24, 2.45) is 0 Å². The van der Waals surface area contributed by atoms with Gasteiger partial charge in [-0.15, -0.1) is 0 Å². The fourth-order valence-electron chi connectivity index (χ4n) is 2.92. The third-order valence-corrected chi connectivity index (χ3v) is 5.99. The van der Waals surface area contributed by atoms with E-state index < -0.39 is 39.1 Å². The minimum Gasteiger partial charge on any atom is -0.497 e. The predicted molar refractivity (Wildman–Crippen MR) is 116 cm³/mol. The van der Waals surface area contributed by atoms with Crippen molar-refractivity contribution in [1.82, 2.24) is 0 Å². The molecule has 0 bridgehead atoms. The van der Waals surface area contributed by atoms with Gasteiger partial charge in [-0.2, -0.15) is 13.2 Å². The van der Waals surface area contributed by atoms with E-state index in [2.05, 4.69) is 10.0 Å². The zero-order chi connectivity index (χ0) is 25.1. The molecule has 0 saturated heterocycles. The highest BCUT2D eigenvalue weighted by molar-refractivity contribution is 7.92. The Kier molecular flexibility index (Phi) is 7.01. The lowest BCUT2D eigenvalue weighted by molar-refractivity contribution is -0.140. The molecular weight excluding hydrogens is 480 g/mol. The molecule has 3 aromatic carbocycles. The molecule has 0 atom stereocenters. The summed E-state index contributed by atoms with van der Waals surface area (Å²) >= 11 is 0. The number of hydrogen-bond acceptors (Lipinski definition) is 5. The maximum absolute atomic E-state index is 13.5. The number of rotatable bonds is 7. The van der Waals surface area contributed by atoms with Gasteiger partial charge in [-0.3, -0.25) is 9.52 Å². The van der Waals surface area contributed by atoms with Crippen LogP contribution in [0.4, 0.5) is 28.9 Å². The Bertz CT molecular complexity index is 1310. The van der Waals surface area contributed by atoms with E-state index in [0.29, 0.717) is 17.9 Å². The fraction of sp³-hybridized carbons (Fsp3) is 0.136. The standard InChI is InChI=1S/C22H18F4N2O5S/c1-32-16-7-4-14(5-8-16)28-34(30,31)20-12-15(6-10-19(20)33-2)27-21(29)13-3-9-18(23)17(11-13)22(24,25)26/h3-12,28H,1-2H3,(H,27,29). The van der Waals surface area contributed by atoms with Gasteiger partial charge in [0.2, 0.25) is 0 Å². The Morgan fingerprint density at radius 1 is 0.882 bits per heavy atom. The first-order valence-corrected chi connectivity index (χ1v) is 11.0. The second kappa shape index (κ2) is 9.59. The summed E-state index contributed by atoms with van der Waals surface area (Å²) in [5.41, 5.74) is -1.88. The zero-order valence-electron chi connectivity index (χ0n) is 17.7. The largest absolute Gasteiger partial charge is 0.497 e. The van der Waals surface area contributed by atoms with Crippen molar-refractivity contribution in [2.75, 3.05) is 24.3 Å². The van der Waals surface area contributed by atoms with Crippen LogP contribution in [0, 0.1) is 5.82 Å². The SMILES string of the molecule is COc1ccc(NS(=O)(=O)c2cc(NC(=O)c3ccc(F)c(C(F)(F)F)c3)ccc2OC)cc1. The molecule has 0 radical (unpaired) electrons. The van der Waals surface area contributed by atoms with Gasteiger partial charge in [-0.1, -0.05) is 0 Å². The normalized spacial score (nSPS) is 11.6. The molecule has 12 heteroatoms. The second-order valence-electron chi connectivity index (χ2n) is 6.85. The summed E-state index contributed by atoms with van der Waals surface area (Å²) in [6.45, 7) is 0.